The maximum atomic E-state index is 14.3. The Morgan fingerprint density at radius 3 is 2.02 bits per heavy atom. The number of ether oxygens (including phenoxy) is 3. The fourth-order valence-electron chi connectivity index (χ4n) is 7.43. The van der Waals surface area contributed by atoms with E-state index in [1.54, 1.807) is 29.2 Å². The summed E-state index contributed by atoms with van der Waals surface area (Å²) in [4.78, 5) is 28.5. The van der Waals surface area contributed by atoms with E-state index >= 15 is 0 Å². The average Bonchev–Trinajstić information content (AvgIpc) is 3.14. The average molecular weight is 766 g/mol. The van der Waals surface area contributed by atoms with Crippen molar-refractivity contribution in [3.05, 3.63) is 77.8 Å². The molecule has 12 heteroatoms. The summed E-state index contributed by atoms with van der Waals surface area (Å²) < 4.78 is 47.7. The lowest BCUT2D eigenvalue weighted by molar-refractivity contribution is -0.138. The van der Waals surface area contributed by atoms with Gasteiger partial charge in [0.15, 0.2) is 0 Å². The zero-order valence-corrected chi connectivity index (χ0v) is 32.5. The highest BCUT2D eigenvalue weighted by Gasteiger charge is 2.43. The predicted molar refractivity (Wildman–Crippen MR) is 206 cm³/mol. The Hall–Kier alpha value is -3.80. The molecule has 3 aromatic carbocycles. The van der Waals surface area contributed by atoms with E-state index in [2.05, 4.69) is 5.32 Å². The number of hydrogen-bond donors (Lipinski definition) is 1. The van der Waals surface area contributed by atoms with E-state index in [1.165, 1.54) is 23.6 Å². The van der Waals surface area contributed by atoms with Gasteiger partial charge in [0.25, 0.3) is 0 Å². The molecule has 1 saturated carbocycles. The van der Waals surface area contributed by atoms with Crippen molar-refractivity contribution in [3.8, 4) is 22.6 Å². The fourth-order valence-corrected chi connectivity index (χ4v) is 9.17. The van der Waals surface area contributed by atoms with Crippen molar-refractivity contribution < 1.29 is 32.2 Å². The first-order chi connectivity index (χ1) is 25.3. The van der Waals surface area contributed by atoms with Crippen LogP contribution in [0.15, 0.2) is 77.7 Å². The lowest BCUT2D eigenvalue weighted by atomic mass is 9.90. The monoisotopic (exact) mass is 765 g/mol. The molecular weight excluding hydrogens is 714 g/mol. The van der Waals surface area contributed by atoms with E-state index in [-0.39, 0.29) is 35.9 Å². The Morgan fingerprint density at radius 2 is 1.40 bits per heavy atom. The number of rotatable bonds is 10. The molecule has 1 N–H and O–H groups in total. The minimum Gasteiger partial charge on any atom is -0.493 e. The van der Waals surface area contributed by atoms with Gasteiger partial charge in [-0.2, -0.15) is 4.31 Å². The molecule has 0 bridgehead atoms. The Balaban J connectivity index is 1.15. The molecule has 3 aliphatic rings. The molecule has 3 aromatic rings. The standard InChI is InChI=1S/C41H52ClN3O7S/c1-41(2,3)52-40(47)43-33-21-24-44(25-22-33)39(46)38-27-36(51-35-15-11-31(12-16-35)30-9-13-32(42)14-10-30)23-26-45(38)53(48,49)37-19-17-34(18-20-37)50-28-29-7-5-4-6-8-29/h9-20,29,33,36,38H,4-8,21-28H2,1-3H3,(H,43,47)/t36-,38-/m1/s1. The number of alkyl carbamates (subject to hydrolysis) is 1. The highest BCUT2D eigenvalue weighted by atomic mass is 35.5. The normalized spacial score (nSPS) is 20.8. The summed E-state index contributed by atoms with van der Waals surface area (Å²) in [6.45, 7) is 6.96. The van der Waals surface area contributed by atoms with Crippen LogP contribution in [0.1, 0.15) is 78.6 Å². The Morgan fingerprint density at radius 1 is 0.792 bits per heavy atom. The molecule has 0 unspecified atom stereocenters. The number of likely N-dealkylation sites (tertiary alicyclic amines) is 1. The summed E-state index contributed by atoms with van der Waals surface area (Å²) in [5, 5.41) is 3.58. The van der Waals surface area contributed by atoms with Crippen LogP contribution in [0.3, 0.4) is 0 Å². The Kier molecular flexibility index (Phi) is 12.6. The minimum absolute atomic E-state index is 0.123. The van der Waals surface area contributed by atoms with Gasteiger partial charge in [0.2, 0.25) is 15.9 Å². The van der Waals surface area contributed by atoms with Gasteiger partial charge in [-0.25, -0.2) is 13.2 Å². The van der Waals surface area contributed by atoms with Gasteiger partial charge < -0.3 is 24.4 Å². The van der Waals surface area contributed by atoms with E-state index < -0.39 is 27.8 Å². The Labute approximate surface area is 319 Å². The van der Waals surface area contributed by atoms with Crippen LogP contribution in [0.4, 0.5) is 4.79 Å². The molecule has 1 aliphatic carbocycles. The van der Waals surface area contributed by atoms with Crippen LogP contribution in [0.5, 0.6) is 11.5 Å². The van der Waals surface area contributed by atoms with Crippen molar-refractivity contribution in [2.24, 2.45) is 5.92 Å². The molecule has 0 radical (unpaired) electrons. The minimum atomic E-state index is -4.03. The number of piperidine rings is 2. The fraction of sp³-hybridized carbons (Fsp3) is 0.512. The zero-order valence-electron chi connectivity index (χ0n) is 31.0. The number of benzene rings is 3. The molecule has 10 nitrogen and oxygen atoms in total. The molecule has 2 amide bonds. The number of hydrogen-bond acceptors (Lipinski definition) is 7. The maximum absolute atomic E-state index is 14.3. The van der Waals surface area contributed by atoms with Gasteiger partial charge in [-0.1, -0.05) is 55.1 Å². The van der Waals surface area contributed by atoms with Crippen LogP contribution in [0, 0.1) is 5.92 Å². The van der Waals surface area contributed by atoms with Gasteiger partial charge >= 0.3 is 6.09 Å². The van der Waals surface area contributed by atoms with Crippen LogP contribution >= 0.6 is 11.6 Å². The van der Waals surface area contributed by atoms with Crippen LogP contribution in [0.25, 0.3) is 11.1 Å². The quantitative estimate of drug-likeness (QED) is 0.222. The highest BCUT2D eigenvalue weighted by Crippen LogP contribution is 2.32. The van der Waals surface area contributed by atoms with Gasteiger partial charge in [0.1, 0.15) is 29.2 Å². The summed E-state index contributed by atoms with van der Waals surface area (Å²) in [6.07, 6.45) is 6.88. The van der Waals surface area contributed by atoms with E-state index in [1.807, 2.05) is 69.3 Å². The number of sulfonamides is 1. The zero-order chi connectivity index (χ0) is 37.6. The SMILES string of the molecule is CC(C)(C)OC(=O)NC1CCN(C(=O)[C@H]2C[C@H](Oc3ccc(-c4ccc(Cl)cc4)cc3)CCN2S(=O)(=O)c2ccc(OCC3CCCCC3)cc2)CC1. The third-order valence-corrected chi connectivity index (χ3v) is 12.5. The van der Waals surface area contributed by atoms with Gasteiger partial charge in [0.05, 0.1) is 11.5 Å². The van der Waals surface area contributed by atoms with Crippen LogP contribution in [-0.2, 0) is 19.6 Å². The molecule has 0 spiro atoms. The molecule has 286 valence electrons. The molecule has 0 aromatic heterocycles. The van der Waals surface area contributed by atoms with E-state index in [9.17, 15) is 18.0 Å². The van der Waals surface area contributed by atoms with Crippen LogP contribution in [-0.4, -0.2) is 79.7 Å². The van der Waals surface area contributed by atoms with Crippen molar-refractivity contribution >= 4 is 33.6 Å². The number of carbonyl (C=O) groups is 2. The molecule has 2 saturated heterocycles. The second-order valence-corrected chi connectivity index (χ2v) is 17.8. The Bertz CT molecular complexity index is 1780. The second-order valence-electron chi connectivity index (χ2n) is 15.5. The topological polar surface area (TPSA) is 114 Å². The molecule has 2 aliphatic heterocycles. The molecule has 6 rings (SSSR count). The lowest BCUT2D eigenvalue weighted by Crippen LogP contribution is -2.58. The molecule has 53 heavy (non-hydrogen) atoms. The van der Waals surface area contributed by atoms with Crippen LogP contribution in [0.2, 0.25) is 5.02 Å². The number of halogens is 1. The van der Waals surface area contributed by atoms with Crippen molar-refractivity contribution in [1.82, 2.24) is 14.5 Å². The summed E-state index contributed by atoms with van der Waals surface area (Å²) in [5.41, 5.74) is 1.42. The maximum Gasteiger partial charge on any atom is 0.407 e. The van der Waals surface area contributed by atoms with E-state index in [4.69, 9.17) is 25.8 Å². The van der Waals surface area contributed by atoms with Crippen LogP contribution < -0.4 is 14.8 Å². The number of amides is 2. The van der Waals surface area contributed by atoms with Crippen molar-refractivity contribution in [1.29, 1.82) is 0 Å². The number of nitrogens with one attached hydrogen (secondary N) is 1. The second kappa shape index (κ2) is 17.1. The highest BCUT2D eigenvalue weighted by molar-refractivity contribution is 7.89. The number of nitrogens with zero attached hydrogens (tertiary/aromatic N) is 2. The summed E-state index contributed by atoms with van der Waals surface area (Å²) in [6, 6.07) is 20.8. The summed E-state index contributed by atoms with van der Waals surface area (Å²) in [5.74, 6) is 1.55. The molecular formula is C41H52ClN3O7S. The number of carbonyl (C=O) groups excluding carboxylic acids is 2. The molecule has 2 heterocycles. The predicted octanol–water partition coefficient (Wildman–Crippen LogP) is 8.08. The first-order valence-electron chi connectivity index (χ1n) is 18.9. The first-order valence-corrected chi connectivity index (χ1v) is 20.7. The van der Waals surface area contributed by atoms with E-state index in [0.717, 1.165) is 24.0 Å². The lowest BCUT2D eigenvalue weighted by Gasteiger charge is -2.41. The van der Waals surface area contributed by atoms with Gasteiger partial charge in [-0.05, 0) is 118 Å². The van der Waals surface area contributed by atoms with Gasteiger partial charge in [-0.3, -0.25) is 4.79 Å². The largest absolute Gasteiger partial charge is 0.493 e. The first kappa shape index (κ1) is 38.9. The smallest absolute Gasteiger partial charge is 0.407 e. The van der Waals surface area contributed by atoms with Crippen molar-refractivity contribution in [2.45, 2.75) is 107 Å². The van der Waals surface area contributed by atoms with Crippen molar-refractivity contribution in [2.75, 3.05) is 26.2 Å². The van der Waals surface area contributed by atoms with Crippen molar-refractivity contribution in [3.63, 3.8) is 0 Å². The van der Waals surface area contributed by atoms with Gasteiger partial charge in [0, 0.05) is 37.1 Å². The summed E-state index contributed by atoms with van der Waals surface area (Å²) in [7, 11) is -4.03. The third-order valence-electron chi connectivity index (χ3n) is 10.3. The third kappa shape index (κ3) is 10.5. The van der Waals surface area contributed by atoms with E-state index in [0.29, 0.717) is 61.4 Å². The summed E-state index contributed by atoms with van der Waals surface area (Å²) >= 11 is 6.06. The molecule has 3 fully saturated rings. The molecule has 2 atom stereocenters. The van der Waals surface area contributed by atoms with Gasteiger partial charge in [-0.15, -0.1) is 0 Å².